The lowest BCUT2D eigenvalue weighted by atomic mass is 9.76. The minimum atomic E-state index is 0.297. The largest absolute Gasteiger partial charge is 0.303 e. The summed E-state index contributed by atoms with van der Waals surface area (Å²) in [6, 6.07) is 7.87. The van der Waals surface area contributed by atoms with E-state index in [0.29, 0.717) is 18.1 Å². The van der Waals surface area contributed by atoms with Crippen LogP contribution in [0, 0.1) is 11.8 Å². The van der Waals surface area contributed by atoms with E-state index in [9.17, 15) is 4.79 Å². The van der Waals surface area contributed by atoms with Crippen LogP contribution in [0.3, 0.4) is 0 Å². The topological polar surface area (TPSA) is 20.3 Å². The van der Waals surface area contributed by atoms with E-state index < -0.39 is 0 Å². The van der Waals surface area contributed by atoms with Crippen molar-refractivity contribution in [2.24, 2.45) is 11.8 Å². The van der Waals surface area contributed by atoms with Gasteiger partial charge in [-0.3, -0.25) is 4.79 Å². The van der Waals surface area contributed by atoms with Crippen molar-refractivity contribution in [1.82, 2.24) is 4.90 Å². The molecule has 0 unspecified atom stereocenters. The number of halogens is 1. The summed E-state index contributed by atoms with van der Waals surface area (Å²) in [4.78, 5) is 16.0. The van der Waals surface area contributed by atoms with Gasteiger partial charge >= 0.3 is 0 Å². The molecule has 21 heavy (non-hydrogen) atoms. The first-order valence-corrected chi connectivity index (χ1v) is 8.84. The summed E-state index contributed by atoms with van der Waals surface area (Å²) in [5.41, 5.74) is 0. The molecule has 0 radical (unpaired) electrons. The molecule has 0 N–H and O–H groups in total. The summed E-state index contributed by atoms with van der Waals surface area (Å²) in [6.07, 6.45) is 3.25. The molecule has 110 valence electrons. The van der Waals surface area contributed by atoms with Gasteiger partial charge in [-0.15, -0.1) is 11.3 Å². The van der Waals surface area contributed by atoms with Crippen molar-refractivity contribution in [2.75, 3.05) is 19.6 Å². The van der Waals surface area contributed by atoms with Crippen molar-refractivity contribution >= 4 is 38.8 Å². The van der Waals surface area contributed by atoms with Crippen molar-refractivity contribution in [3.05, 3.63) is 34.2 Å². The standard InChI is InChI=1S/C17H18ClNOS/c18-14-3-1-2-12-9-16(21-17(12)14)15(20)8-13-10-19-6-4-11(13)5-7-19/h1-3,9,11,13H,4-8,10H2/t13-/m1/s1. The number of carbonyl (C=O) groups excluding carboxylic acids is 1. The van der Waals surface area contributed by atoms with Crippen molar-refractivity contribution in [3.63, 3.8) is 0 Å². The van der Waals surface area contributed by atoms with E-state index in [1.54, 1.807) is 11.3 Å². The van der Waals surface area contributed by atoms with Gasteiger partial charge in [-0.05, 0) is 55.3 Å². The Morgan fingerprint density at radius 3 is 2.81 bits per heavy atom. The van der Waals surface area contributed by atoms with Crippen molar-refractivity contribution in [3.8, 4) is 0 Å². The Kier molecular flexibility index (Phi) is 3.52. The van der Waals surface area contributed by atoms with Gasteiger partial charge in [0.15, 0.2) is 5.78 Å². The Morgan fingerprint density at radius 1 is 1.33 bits per heavy atom. The number of hydrogen-bond donors (Lipinski definition) is 0. The zero-order valence-electron chi connectivity index (χ0n) is 11.8. The molecule has 1 aromatic carbocycles. The van der Waals surface area contributed by atoms with E-state index in [1.807, 2.05) is 24.3 Å². The zero-order valence-corrected chi connectivity index (χ0v) is 13.4. The normalized spacial score (nSPS) is 28.1. The fourth-order valence-electron chi connectivity index (χ4n) is 3.82. The number of ketones is 1. The SMILES string of the molecule is O=C(C[C@@H]1CN2CCC1CC2)c1cc2cccc(Cl)c2s1. The van der Waals surface area contributed by atoms with Gasteiger partial charge in [0.2, 0.25) is 0 Å². The van der Waals surface area contributed by atoms with E-state index in [2.05, 4.69) is 4.90 Å². The highest BCUT2D eigenvalue weighted by Gasteiger charge is 2.35. The van der Waals surface area contributed by atoms with E-state index in [0.717, 1.165) is 32.4 Å². The molecule has 2 aromatic rings. The summed E-state index contributed by atoms with van der Waals surface area (Å²) in [5.74, 6) is 1.61. The van der Waals surface area contributed by atoms with E-state index >= 15 is 0 Å². The van der Waals surface area contributed by atoms with Crippen LogP contribution in [0.5, 0.6) is 0 Å². The van der Waals surface area contributed by atoms with Gasteiger partial charge in [-0.25, -0.2) is 0 Å². The number of Topliss-reactive ketones (excluding diaryl/α,β-unsaturated/α-hetero) is 1. The Morgan fingerprint density at radius 2 is 2.14 bits per heavy atom. The lowest BCUT2D eigenvalue weighted by molar-refractivity contribution is 0.0442. The number of hydrogen-bond acceptors (Lipinski definition) is 3. The quantitative estimate of drug-likeness (QED) is 0.778. The lowest BCUT2D eigenvalue weighted by Gasteiger charge is -2.44. The van der Waals surface area contributed by atoms with Crippen molar-refractivity contribution in [1.29, 1.82) is 0 Å². The van der Waals surface area contributed by atoms with Gasteiger partial charge < -0.3 is 4.90 Å². The van der Waals surface area contributed by atoms with Crippen molar-refractivity contribution in [2.45, 2.75) is 19.3 Å². The number of fused-ring (bicyclic) bond motifs is 4. The predicted molar refractivity (Wildman–Crippen MR) is 88.4 cm³/mol. The number of thiophene rings is 1. The molecule has 2 nitrogen and oxygen atoms in total. The fraction of sp³-hybridized carbons (Fsp3) is 0.471. The van der Waals surface area contributed by atoms with Gasteiger partial charge in [-0.1, -0.05) is 23.7 Å². The second-order valence-electron chi connectivity index (χ2n) is 6.29. The molecule has 3 aliphatic heterocycles. The van der Waals surface area contributed by atoms with Crippen LogP contribution in [0.1, 0.15) is 28.9 Å². The highest BCUT2D eigenvalue weighted by Crippen LogP contribution is 2.37. The molecule has 4 heteroatoms. The van der Waals surface area contributed by atoms with Crippen LogP contribution in [-0.4, -0.2) is 30.3 Å². The van der Waals surface area contributed by atoms with Crippen LogP contribution in [0.25, 0.3) is 10.1 Å². The third kappa shape index (κ3) is 2.52. The molecule has 1 aromatic heterocycles. The molecule has 0 aliphatic carbocycles. The average molecular weight is 320 g/mol. The molecule has 3 fully saturated rings. The number of piperidine rings is 3. The number of rotatable bonds is 3. The summed E-state index contributed by atoms with van der Waals surface area (Å²) < 4.78 is 1.04. The summed E-state index contributed by atoms with van der Waals surface area (Å²) in [7, 11) is 0. The minimum Gasteiger partial charge on any atom is -0.303 e. The molecule has 2 bridgehead atoms. The molecule has 0 amide bonds. The fourth-order valence-corrected chi connectivity index (χ4v) is 5.13. The second-order valence-corrected chi connectivity index (χ2v) is 7.75. The third-order valence-corrected chi connectivity index (χ3v) is 6.66. The first-order valence-electron chi connectivity index (χ1n) is 7.64. The Labute approximate surface area is 133 Å². The van der Waals surface area contributed by atoms with E-state index in [4.69, 9.17) is 11.6 Å². The van der Waals surface area contributed by atoms with Crippen LogP contribution in [-0.2, 0) is 0 Å². The predicted octanol–water partition coefficient (Wildman–Crippen LogP) is 4.47. The van der Waals surface area contributed by atoms with E-state index in [1.165, 1.54) is 25.9 Å². The molecule has 3 saturated heterocycles. The van der Waals surface area contributed by atoms with Crippen LogP contribution in [0.15, 0.2) is 24.3 Å². The molecular weight excluding hydrogens is 302 g/mol. The minimum absolute atomic E-state index is 0.297. The molecule has 3 aliphatic rings. The highest BCUT2D eigenvalue weighted by molar-refractivity contribution is 7.21. The first kappa shape index (κ1) is 13.7. The first-order chi connectivity index (χ1) is 10.2. The lowest BCUT2D eigenvalue weighted by Crippen LogP contribution is -2.47. The van der Waals surface area contributed by atoms with E-state index in [-0.39, 0.29) is 0 Å². The molecule has 4 heterocycles. The van der Waals surface area contributed by atoms with Gasteiger partial charge in [0.25, 0.3) is 0 Å². The maximum atomic E-state index is 12.6. The maximum Gasteiger partial charge on any atom is 0.173 e. The zero-order chi connectivity index (χ0) is 14.4. The van der Waals surface area contributed by atoms with Gasteiger partial charge in [0, 0.05) is 13.0 Å². The smallest absolute Gasteiger partial charge is 0.173 e. The van der Waals surface area contributed by atoms with Gasteiger partial charge in [0.05, 0.1) is 14.6 Å². The third-order valence-electron chi connectivity index (χ3n) is 5.01. The molecule has 0 spiro atoms. The van der Waals surface area contributed by atoms with Gasteiger partial charge in [0.1, 0.15) is 0 Å². The highest BCUT2D eigenvalue weighted by atomic mass is 35.5. The molecule has 5 rings (SSSR count). The molecule has 1 atom stereocenters. The van der Waals surface area contributed by atoms with Gasteiger partial charge in [-0.2, -0.15) is 0 Å². The Hall–Kier alpha value is -0.900. The molecule has 0 saturated carbocycles. The maximum absolute atomic E-state index is 12.6. The summed E-state index contributed by atoms with van der Waals surface area (Å²) >= 11 is 7.76. The Balaban J connectivity index is 1.55. The van der Waals surface area contributed by atoms with Crippen LogP contribution < -0.4 is 0 Å². The van der Waals surface area contributed by atoms with Crippen molar-refractivity contribution < 1.29 is 4.79 Å². The van der Waals surface area contributed by atoms with Crippen LogP contribution >= 0.6 is 22.9 Å². The number of carbonyl (C=O) groups is 1. The average Bonchev–Trinajstić information content (AvgIpc) is 2.94. The van der Waals surface area contributed by atoms with Crippen LogP contribution in [0.2, 0.25) is 5.02 Å². The number of benzene rings is 1. The monoisotopic (exact) mass is 319 g/mol. The molecular formula is C17H18ClNOS. The Bertz CT molecular complexity index is 687. The van der Waals surface area contributed by atoms with Crippen LogP contribution in [0.4, 0.5) is 0 Å². The summed E-state index contributed by atoms with van der Waals surface area (Å²) in [5, 5.41) is 1.84. The second kappa shape index (κ2) is 5.38. The summed E-state index contributed by atoms with van der Waals surface area (Å²) in [6.45, 7) is 3.57. The number of nitrogens with zero attached hydrogens (tertiary/aromatic N) is 1.